The molecule has 22 heavy (non-hydrogen) atoms. The van der Waals surface area contributed by atoms with Crippen LogP contribution in [0, 0.1) is 5.82 Å². The van der Waals surface area contributed by atoms with Gasteiger partial charge in [0.05, 0.1) is 25.7 Å². The summed E-state index contributed by atoms with van der Waals surface area (Å²) in [5.74, 6) is -1.17. The fraction of sp³-hybridized carbons (Fsp3) is 0.500. The number of amides is 1. The predicted octanol–water partition coefficient (Wildman–Crippen LogP) is 1.99. The SMILES string of the molecule is CCOC(=O)CCN(C(=O)c1ccc(F)cc1)C(CC)CO. The van der Waals surface area contributed by atoms with Crippen molar-refractivity contribution in [3.05, 3.63) is 35.6 Å². The molecule has 1 N–H and O–H groups in total. The van der Waals surface area contributed by atoms with Gasteiger partial charge in [-0.3, -0.25) is 9.59 Å². The molecular weight excluding hydrogens is 289 g/mol. The Hall–Kier alpha value is -1.95. The Kier molecular flexibility index (Phi) is 7.52. The number of benzene rings is 1. The summed E-state index contributed by atoms with van der Waals surface area (Å²) in [4.78, 5) is 25.4. The highest BCUT2D eigenvalue weighted by Crippen LogP contribution is 2.13. The molecule has 122 valence electrons. The second-order valence-electron chi connectivity index (χ2n) is 4.81. The predicted molar refractivity (Wildman–Crippen MR) is 79.9 cm³/mol. The minimum Gasteiger partial charge on any atom is -0.466 e. The molecule has 1 atom stereocenters. The van der Waals surface area contributed by atoms with E-state index in [1.165, 1.54) is 29.2 Å². The molecule has 6 heteroatoms. The Morgan fingerprint density at radius 1 is 1.27 bits per heavy atom. The van der Waals surface area contributed by atoms with Crippen LogP contribution in [0.15, 0.2) is 24.3 Å². The molecule has 1 unspecified atom stereocenters. The average Bonchev–Trinajstić information content (AvgIpc) is 2.52. The summed E-state index contributed by atoms with van der Waals surface area (Å²) in [6.07, 6.45) is 0.601. The van der Waals surface area contributed by atoms with Crippen LogP contribution in [0.4, 0.5) is 4.39 Å². The summed E-state index contributed by atoms with van der Waals surface area (Å²) in [6.45, 7) is 3.78. The van der Waals surface area contributed by atoms with Gasteiger partial charge in [0.1, 0.15) is 5.82 Å². The summed E-state index contributed by atoms with van der Waals surface area (Å²) in [5, 5.41) is 9.43. The molecule has 0 spiro atoms. The molecule has 0 aliphatic carbocycles. The van der Waals surface area contributed by atoms with Gasteiger partial charge in [-0.2, -0.15) is 0 Å². The molecule has 0 aromatic heterocycles. The molecule has 1 amide bonds. The second-order valence-corrected chi connectivity index (χ2v) is 4.81. The quantitative estimate of drug-likeness (QED) is 0.746. The van der Waals surface area contributed by atoms with Gasteiger partial charge in [0, 0.05) is 12.1 Å². The van der Waals surface area contributed by atoms with E-state index in [1.54, 1.807) is 6.92 Å². The summed E-state index contributed by atoms with van der Waals surface area (Å²) >= 11 is 0. The van der Waals surface area contributed by atoms with Gasteiger partial charge < -0.3 is 14.7 Å². The van der Waals surface area contributed by atoms with Crippen LogP contribution in [0.1, 0.15) is 37.0 Å². The third-order valence-electron chi connectivity index (χ3n) is 3.34. The fourth-order valence-electron chi connectivity index (χ4n) is 2.10. The van der Waals surface area contributed by atoms with Gasteiger partial charge in [-0.05, 0) is 37.6 Å². The lowest BCUT2D eigenvalue weighted by molar-refractivity contribution is -0.143. The van der Waals surface area contributed by atoms with Gasteiger partial charge >= 0.3 is 5.97 Å². The Morgan fingerprint density at radius 3 is 2.41 bits per heavy atom. The molecule has 0 saturated heterocycles. The molecule has 0 saturated carbocycles. The molecule has 1 aromatic carbocycles. The molecule has 1 rings (SSSR count). The number of carbonyl (C=O) groups excluding carboxylic acids is 2. The molecule has 0 fully saturated rings. The van der Waals surface area contributed by atoms with Gasteiger partial charge in [-0.25, -0.2) is 4.39 Å². The van der Waals surface area contributed by atoms with E-state index in [4.69, 9.17) is 4.74 Å². The fourth-order valence-corrected chi connectivity index (χ4v) is 2.10. The minimum absolute atomic E-state index is 0.0529. The molecular formula is C16H22FNO4. The van der Waals surface area contributed by atoms with Gasteiger partial charge in [0.2, 0.25) is 0 Å². The highest BCUT2D eigenvalue weighted by molar-refractivity contribution is 5.94. The maximum absolute atomic E-state index is 13.0. The van der Waals surface area contributed by atoms with Crippen molar-refractivity contribution in [1.29, 1.82) is 0 Å². The molecule has 0 aliphatic rings. The average molecular weight is 311 g/mol. The zero-order valence-corrected chi connectivity index (χ0v) is 12.9. The Bertz CT molecular complexity index is 485. The van der Waals surface area contributed by atoms with Gasteiger partial charge in [-0.15, -0.1) is 0 Å². The van der Waals surface area contributed by atoms with Crippen molar-refractivity contribution in [2.24, 2.45) is 0 Å². The van der Waals surface area contributed by atoms with Crippen molar-refractivity contribution >= 4 is 11.9 Å². The zero-order chi connectivity index (χ0) is 16.5. The normalized spacial score (nSPS) is 11.8. The third kappa shape index (κ3) is 5.11. The standard InChI is InChI=1S/C16H22FNO4/c1-3-14(11-19)18(10-9-15(20)22-4-2)16(21)12-5-7-13(17)8-6-12/h5-8,14,19H,3-4,9-11H2,1-2H3. The number of hydrogen-bond donors (Lipinski definition) is 1. The van der Waals surface area contributed by atoms with Crippen LogP contribution in [0.2, 0.25) is 0 Å². The summed E-state index contributed by atoms with van der Waals surface area (Å²) < 4.78 is 17.8. The van der Waals surface area contributed by atoms with Crippen molar-refractivity contribution in [3.8, 4) is 0 Å². The summed E-state index contributed by atoms with van der Waals surface area (Å²) in [6, 6.07) is 4.79. The van der Waals surface area contributed by atoms with Crippen LogP contribution in [0.3, 0.4) is 0 Å². The lowest BCUT2D eigenvalue weighted by Gasteiger charge is -2.29. The number of aliphatic hydroxyl groups is 1. The largest absolute Gasteiger partial charge is 0.466 e. The van der Waals surface area contributed by atoms with Crippen LogP contribution in [-0.4, -0.2) is 47.7 Å². The maximum atomic E-state index is 13.0. The van der Waals surface area contributed by atoms with Crippen LogP contribution < -0.4 is 0 Å². The van der Waals surface area contributed by atoms with Gasteiger partial charge in [0.15, 0.2) is 0 Å². The molecule has 0 aliphatic heterocycles. The van der Waals surface area contributed by atoms with Crippen LogP contribution in [0.5, 0.6) is 0 Å². The number of carbonyl (C=O) groups is 2. The molecule has 0 heterocycles. The molecule has 0 bridgehead atoms. The van der Waals surface area contributed by atoms with E-state index in [0.29, 0.717) is 12.0 Å². The highest BCUT2D eigenvalue weighted by Gasteiger charge is 2.24. The van der Waals surface area contributed by atoms with Crippen molar-refractivity contribution in [3.63, 3.8) is 0 Å². The first-order valence-electron chi connectivity index (χ1n) is 7.36. The number of hydrogen-bond acceptors (Lipinski definition) is 4. The van der Waals surface area contributed by atoms with E-state index in [-0.39, 0.29) is 32.1 Å². The molecule has 0 radical (unpaired) electrons. The summed E-state index contributed by atoms with van der Waals surface area (Å²) in [5.41, 5.74) is 0.317. The van der Waals surface area contributed by atoms with Crippen LogP contribution in [0.25, 0.3) is 0 Å². The number of ether oxygens (including phenoxy) is 1. The van der Waals surface area contributed by atoms with Crippen LogP contribution in [-0.2, 0) is 9.53 Å². The monoisotopic (exact) mass is 311 g/mol. The smallest absolute Gasteiger partial charge is 0.307 e. The van der Waals surface area contributed by atoms with E-state index >= 15 is 0 Å². The number of nitrogens with zero attached hydrogens (tertiary/aromatic N) is 1. The van der Waals surface area contributed by atoms with Crippen molar-refractivity contribution in [1.82, 2.24) is 4.90 Å². The maximum Gasteiger partial charge on any atom is 0.307 e. The topological polar surface area (TPSA) is 66.8 Å². The number of rotatable bonds is 8. The molecule has 1 aromatic rings. The van der Waals surface area contributed by atoms with Gasteiger partial charge in [0.25, 0.3) is 5.91 Å². The lowest BCUT2D eigenvalue weighted by Crippen LogP contribution is -2.43. The summed E-state index contributed by atoms with van der Waals surface area (Å²) in [7, 11) is 0. The van der Waals surface area contributed by atoms with E-state index in [2.05, 4.69) is 0 Å². The number of halogens is 1. The van der Waals surface area contributed by atoms with E-state index < -0.39 is 17.8 Å². The van der Waals surface area contributed by atoms with Crippen molar-refractivity contribution in [2.45, 2.75) is 32.7 Å². The zero-order valence-electron chi connectivity index (χ0n) is 12.9. The van der Waals surface area contributed by atoms with Gasteiger partial charge in [-0.1, -0.05) is 6.92 Å². The second kappa shape index (κ2) is 9.15. The molecule has 5 nitrogen and oxygen atoms in total. The highest BCUT2D eigenvalue weighted by atomic mass is 19.1. The minimum atomic E-state index is -0.427. The Morgan fingerprint density at radius 2 is 1.91 bits per heavy atom. The van der Waals surface area contributed by atoms with Crippen LogP contribution >= 0.6 is 0 Å². The van der Waals surface area contributed by atoms with Crippen molar-refractivity contribution in [2.75, 3.05) is 19.8 Å². The first kappa shape index (κ1) is 18.1. The lowest BCUT2D eigenvalue weighted by atomic mass is 10.1. The number of esters is 1. The van der Waals surface area contributed by atoms with Crippen molar-refractivity contribution < 1.29 is 23.8 Å². The first-order valence-corrected chi connectivity index (χ1v) is 7.36. The Labute approximate surface area is 129 Å². The third-order valence-corrected chi connectivity index (χ3v) is 3.34. The van der Waals surface area contributed by atoms with E-state index in [9.17, 15) is 19.1 Å². The van der Waals surface area contributed by atoms with E-state index in [1.807, 2.05) is 6.92 Å². The number of aliphatic hydroxyl groups excluding tert-OH is 1. The Balaban J connectivity index is 2.86. The first-order chi connectivity index (χ1) is 10.5. The van der Waals surface area contributed by atoms with E-state index in [0.717, 1.165) is 0 Å².